The van der Waals surface area contributed by atoms with Gasteiger partial charge >= 0.3 is 5.97 Å². The fourth-order valence-corrected chi connectivity index (χ4v) is 3.10. The smallest absolute Gasteiger partial charge is 0.341 e. The second-order valence-corrected chi connectivity index (χ2v) is 6.08. The van der Waals surface area contributed by atoms with Crippen molar-refractivity contribution < 1.29 is 14.6 Å². The highest BCUT2D eigenvalue weighted by molar-refractivity contribution is 6.06. The quantitative estimate of drug-likeness (QED) is 0.550. The molecule has 0 saturated carbocycles. The largest absolute Gasteiger partial charge is 0.505 e. The maximum absolute atomic E-state index is 12.1. The average molecular weight is 344 g/mol. The second-order valence-electron chi connectivity index (χ2n) is 6.08. The van der Waals surface area contributed by atoms with Crippen LogP contribution in [0.5, 0.6) is 5.75 Å². The van der Waals surface area contributed by atoms with E-state index in [2.05, 4.69) is 9.97 Å². The van der Waals surface area contributed by atoms with Gasteiger partial charge in [-0.3, -0.25) is 4.98 Å². The van der Waals surface area contributed by atoms with E-state index in [-0.39, 0.29) is 11.3 Å². The Balaban J connectivity index is 2.06. The number of hydrogen-bond acceptors (Lipinski definition) is 5. The highest BCUT2D eigenvalue weighted by Gasteiger charge is 2.20. The highest BCUT2D eigenvalue weighted by atomic mass is 16.5. The third-order valence-corrected chi connectivity index (χ3v) is 4.40. The van der Waals surface area contributed by atoms with Crippen LogP contribution in [0.1, 0.15) is 16.1 Å². The predicted octanol–water partition coefficient (Wildman–Crippen LogP) is 4.25. The lowest BCUT2D eigenvalue weighted by Crippen LogP contribution is -2.03. The number of para-hydroxylation sites is 1. The van der Waals surface area contributed by atoms with Gasteiger partial charge in [0.2, 0.25) is 0 Å². The minimum absolute atomic E-state index is 0.0845. The number of rotatable bonds is 2. The van der Waals surface area contributed by atoms with Crippen molar-refractivity contribution in [3.8, 4) is 16.9 Å². The van der Waals surface area contributed by atoms with Gasteiger partial charge in [0.15, 0.2) is 5.75 Å². The number of aromatic nitrogens is 2. The SMILES string of the molecule is COC(=O)c1cc(-c2cnc3ccccc3c2)c2ccc(C)nc2c1O. The van der Waals surface area contributed by atoms with Crippen molar-refractivity contribution in [2.45, 2.75) is 6.92 Å². The lowest BCUT2D eigenvalue weighted by atomic mass is 9.97. The van der Waals surface area contributed by atoms with Gasteiger partial charge in [0.25, 0.3) is 0 Å². The number of aromatic hydroxyl groups is 1. The molecule has 5 nitrogen and oxygen atoms in total. The van der Waals surface area contributed by atoms with Gasteiger partial charge in [0, 0.05) is 28.2 Å². The van der Waals surface area contributed by atoms with Crippen molar-refractivity contribution in [3.05, 3.63) is 66.0 Å². The molecule has 2 heterocycles. The summed E-state index contributed by atoms with van der Waals surface area (Å²) in [6, 6.07) is 15.2. The van der Waals surface area contributed by atoms with E-state index in [1.54, 1.807) is 12.3 Å². The van der Waals surface area contributed by atoms with Crippen LogP contribution < -0.4 is 0 Å². The Kier molecular flexibility index (Phi) is 3.77. The van der Waals surface area contributed by atoms with Gasteiger partial charge in [-0.05, 0) is 36.8 Å². The summed E-state index contributed by atoms with van der Waals surface area (Å²) in [5, 5.41) is 12.3. The zero-order chi connectivity index (χ0) is 18.3. The third-order valence-electron chi connectivity index (χ3n) is 4.40. The second kappa shape index (κ2) is 6.11. The molecule has 2 aromatic carbocycles. The third kappa shape index (κ3) is 2.54. The minimum atomic E-state index is -0.609. The number of ether oxygens (including phenoxy) is 1. The van der Waals surface area contributed by atoms with E-state index in [1.165, 1.54) is 7.11 Å². The first-order chi connectivity index (χ1) is 12.6. The summed E-state index contributed by atoms with van der Waals surface area (Å²) >= 11 is 0. The van der Waals surface area contributed by atoms with Gasteiger partial charge in [0.05, 0.1) is 12.6 Å². The van der Waals surface area contributed by atoms with E-state index >= 15 is 0 Å². The molecule has 0 fully saturated rings. The first kappa shape index (κ1) is 16.0. The molecule has 0 aliphatic heterocycles. The molecule has 2 aromatic heterocycles. The molecule has 0 aliphatic carbocycles. The highest BCUT2D eigenvalue weighted by Crippen LogP contribution is 2.37. The molecule has 0 radical (unpaired) electrons. The molecular formula is C21H16N2O3. The molecule has 0 atom stereocenters. The fraction of sp³-hybridized carbons (Fsp3) is 0.0952. The molecule has 128 valence electrons. The number of carbonyl (C=O) groups excluding carboxylic acids is 1. The predicted molar refractivity (Wildman–Crippen MR) is 100 cm³/mol. The van der Waals surface area contributed by atoms with Crippen LogP contribution in [0.15, 0.2) is 54.7 Å². The molecule has 5 heteroatoms. The summed E-state index contributed by atoms with van der Waals surface area (Å²) in [6.45, 7) is 1.83. The Labute approximate surface area is 149 Å². The molecule has 0 spiro atoms. The van der Waals surface area contributed by atoms with Crippen molar-refractivity contribution in [1.82, 2.24) is 9.97 Å². The summed E-state index contributed by atoms with van der Waals surface area (Å²) < 4.78 is 4.82. The first-order valence-corrected chi connectivity index (χ1v) is 8.15. The summed E-state index contributed by atoms with van der Waals surface area (Å²) in [4.78, 5) is 21.1. The summed E-state index contributed by atoms with van der Waals surface area (Å²) in [6.07, 6.45) is 1.76. The van der Waals surface area contributed by atoms with E-state index < -0.39 is 5.97 Å². The van der Waals surface area contributed by atoms with Gasteiger partial charge in [-0.15, -0.1) is 0 Å². The van der Waals surface area contributed by atoms with Gasteiger partial charge in [-0.2, -0.15) is 0 Å². The number of fused-ring (bicyclic) bond motifs is 2. The van der Waals surface area contributed by atoms with Crippen LogP contribution in [0, 0.1) is 6.92 Å². The number of benzene rings is 2. The van der Waals surface area contributed by atoms with E-state index in [9.17, 15) is 9.90 Å². The van der Waals surface area contributed by atoms with Crippen LogP contribution in [0.2, 0.25) is 0 Å². The maximum Gasteiger partial charge on any atom is 0.341 e. The Morgan fingerprint density at radius 3 is 2.73 bits per heavy atom. The first-order valence-electron chi connectivity index (χ1n) is 8.15. The number of carbonyl (C=O) groups is 1. The van der Waals surface area contributed by atoms with Crippen molar-refractivity contribution in [2.75, 3.05) is 7.11 Å². The lowest BCUT2D eigenvalue weighted by Gasteiger charge is -2.12. The zero-order valence-corrected chi connectivity index (χ0v) is 14.4. The van der Waals surface area contributed by atoms with Gasteiger partial charge in [0.1, 0.15) is 11.1 Å². The number of pyridine rings is 2. The molecule has 4 aromatic rings. The van der Waals surface area contributed by atoms with Crippen LogP contribution in [0.4, 0.5) is 0 Å². The number of methoxy groups -OCH3 is 1. The normalized spacial score (nSPS) is 11.0. The molecule has 0 bridgehead atoms. The van der Waals surface area contributed by atoms with E-state index in [4.69, 9.17) is 4.74 Å². The number of aryl methyl sites for hydroxylation is 1. The van der Waals surface area contributed by atoms with Crippen molar-refractivity contribution in [1.29, 1.82) is 0 Å². The Morgan fingerprint density at radius 1 is 1.12 bits per heavy atom. The lowest BCUT2D eigenvalue weighted by molar-refractivity contribution is 0.0598. The van der Waals surface area contributed by atoms with Crippen molar-refractivity contribution >= 4 is 27.8 Å². The number of esters is 1. The molecule has 0 saturated heterocycles. The number of phenols is 1. The van der Waals surface area contributed by atoms with Crippen LogP contribution in [-0.2, 0) is 4.74 Å². The topological polar surface area (TPSA) is 72.3 Å². The molecule has 0 unspecified atom stereocenters. The number of hydrogen-bond donors (Lipinski definition) is 1. The molecule has 4 rings (SSSR count). The summed E-state index contributed by atoms with van der Waals surface area (Å²) in [5.41, 5.74) is 3.70. The average Bonchev–Trinajstić information content (AvgIpc) is 2.67. The van der Waals surface area contributed by atoms with Gasteiger partial charge in [-0.25, -0.2) is 9.78 Å². The maximum atomic E-state index is 12.1. The van der Waals surface area contributed by atoms with Crippen LogP contribution in [-0.4, -0.2) is 28.2 Å². The summed E-state index contributed by atoms with van der Waals surface area (Å²) in [7, 11) is 1.28. The van der Waals surface area contributed by atoms with Crippen LogP contribution in [0.25, 0.3) is 32.9 Å². The Morgan fingerprint density at radius 2 is 1.92 bits per heavy atom. The monoisotopic (exact) mass is 344 g/mol. The molecule has 0 amide bonds. The molecular weight excluding hydrogens is 328 g/mol. The van der Waals surface area contributed by atoms with Crippen molar-refractivity contribution in [2.24, 2.45) is 0 Å². The Bertz CT molecular complexity index is 1170. The fourth-order valence-electron chi connectivity index (χ4n) is 3.10. The molecule has 0 aliphatic rings. The number of phenolic OH excluding ortho intramolecular Hbond substituents is 1. The molecule has 1 N–H and O–H groups in total. The minimum Gasteiger partial charge on any atom is -0.505 e. The van der Waals surface area contributed by atoms with Gasteiger partial charge < -0.3 is 9.84 Å². The van der Waals surface area contributed by atoms with E-state index in [0.717, 1.165) is 33.1 Å². The number of nitrogens with zero attached hydrogens (tertiary/aromatic N) is 2. The summed E-state index contributed by atoms with van der Waals surface area (Å²) in [5.74, 6) is -0.782. The Hall–Kier alpha value is -3.47. The van der Waals surface area contributed by atoms with Gasteiger partial charge in [-0.1, -0.05) is 24.3 Å². The van der Waals surface area contributed by atoms with E-state index in [0.29, 0.717) is 5.52 Å². The van der Waals surface area contributed by atoms with Crippen LogP contribution in [0.3, 0.4) is 0 Å². The standard InChI is InChI=1S/C21H16N2O3/c1-12-7-8-15-16(10-17(21(25)26-2)20(24)19(15)23-12)14-9-13-5-3-4-6-18(13)22-11-14/h3-11,24H,1-2H3. The van der Waals surface area contributed by atoms with E-state index in [1.807, 2.05) is 49.4 Å². The molecule has 26 heavy (non-hydrogen) atoms. The zero-order valence-electron chi connectivity index (χ0n) is 14.4. The van der Waals surface area contributed by atoms with Crippen LogP contribution >= 0.6 is 0 Å². The van der Waals surface area contributed by atoms with Crippen molar-refractivity contribution in [3.63, 3.8) is 0 Å².